The van der Waals surface area contributed by atoms with E-state index in [0.29, 0.717) is 16.7 Å². The summed E-state index contributed by atoms with van der Waals surface area (Å²) in [5.41, 5.74) is 0. The Morgan fingerprint density at radius 3 is 2.53 bits per heavy atom. The van der Waals surface area contributed by atoms with Crippen LogP contribution in [0.2, 0.25) is 0 Å². The first-order chi connectivity index (χ1) is 7.27. The van der Waals surface area contributed by atoms with Gasteiger partial charge in [0.2, 0.25) is 0 Å². The molecular weight excluding hydrogens is 256 g/mol. The molecule has 0 radical (unpaired) electrons. The van der Waals surface area contributed by atoms with Gasteiger partial charge in [0, 0.05) is 5.92 Å². The first-order valence-electron chi connectivity index (χ1n) is 5.92. The molecule has 2 heterocycles. The lowest BCUT2D eigenvalue weighted by atomic mass is 9.87. The highest BCUT2D eigenvalue weighted by Gasteiger charge is 2.30. The Hall–Kier alpha value is 0.0700. The van der Waals surface area contributed by atoms with Crippen molar-refractivity contribution in [3.05, 3.63) is 0 Å². The van der Waals surface area contributed by atoms with Gasteiger partial charge in [0.15, 0.2) is 5.78 Å². The van der Waals surface area contributed by atoms with Crippen molar-refractivity contribution in [2.24, 2.45) is 5.92 Å². The summed E-state index contributed by atoms with van der Waals surface area (Å²) in [5.74, 6) is 0.738. The average Bonchev–Trinajstić information content (AvgIpc) is 2.29. The molecule has 0 aliphatic carbocycles. The summed E-state index contributed by atoms with van der Waals surface area (Å²) in [5, 5.41) is 6.66. The lowest BCUT2D eigenvalue weighted by Gasteiger charge is -2.31. The van der Waals surface area contributed by atoms with Crippen LogP contribution in [0.4, 0.5) is 0 Å². The molecule has 3 nitrogen and oxygen atoms in total. The van der Waals surface area contributed by atoms with Crippen molar-refractivity contribution >= 4 is 21.7 Å². The van der Waals surface area contributed by atoms with Crippen molar-refractivity contribution in [2.45, 2.75) is 43.1 Å². The van der Waals surface area contributed by atoms with Crippen molar-refractivity contribution in [1.82, 2.24) is 10.6 Å². The molecule has 0 spiro atoms. The number of piperidine rings is 2. The molecule has 0 bridgehead atoms. The zero-order chi connectivity index (χ0) is 10.7. The molecule has 4 heteroatoms. The number of ketones is 1. The molecular formula is C11H19BrN2O. The molecule has 0 saturated carbocycles. The minimum Gasteiger partial charge on any atom is -0.317 e. The first kappa shape index (κ1) is 11.6. The zero-order valence-electron chi connectivity index (χ0n) is 8.97. The standard InChI is InChI=1S/C11H19BrN2O/c12-10-3-1-2-9(14-10)11(15)8-4-6-13-7-5-8/h8-10,13-14H,1-7H2. The Morgan fingerprint density at radius 1 is 1.13 bits per heavy atom. The molecule has 0 aromatic rings. The quantitative estimate of drug-likeness (QED) is 0.591. The summed E-state index contributed by atoms with van der Waals surface area (Å²) in [7, 11) is 0. The molecule has 86 valence electrons. The van der Waals surface area contributed by atoms with E-state index in [2.05, 4.69) is 26.6 Å². The van der Waals surface area contributed by atoms with E-state index in [0.717, 1.165) is 45.2 Å². The van der Waals surface area contributed by atoms with E-state index >= 15 is 0 Å². The molecule has 2 N–H and O–H groups in total. The molecule has 2 aliphatic heterocycles. The maximum Gasteiger partial charge on any atom is 0.152 e. The van der Waals surface area contributed by atoms with E-state index in [9.17, 15) is 4.79 Å². The highest BCUT2D eigenvalue weighted by atomic mass is 79.9. The monoisotopic (exact) mass is 274 g/mol. The van der Waals surface area contributed by atoms with Crippen LogP contribution in [0.5, 0.6) is 0 Å². The lowest BCUT2D eigenvalue weighted by molar-refractivity contribution is -0.126. The summed E-state index contributed by atoms with van der Waals surface area (Å²) in [6.07, 6.45) is 5.35. The molecule has 2 fully saturated rings. The van der Waals surface area contributed by atoms with Crippen LogP contribution < -0.4 is 10.6 Å². The lowest BCUT2D eigenvalue weighted by Crippen LogP contribution is -2.48. The van der Waals surface area contributed by atoms with Gasteiger partial charge in [-0.1, -0.05) is 15.9 Å². The van der Waals surface area contributed by atoms with Gasteiger partial charge in [-0.25, -0.2) is 0 Å². The van der Waals surface area contributed by atoms with Gasteiger partial charge in [0.1, 0.15) is 0 Å². The van der Waals surface area contributed by atoms with Crippen LogP contribution in [0.3, 0.4) is 0 Å². The summed E-state index contributed by atoms with van der Waals surface area (Å²) in [6.45, 7) is 2.00. The second-order valence-electron chi connectivity index (χ2n) is 4.54. The normalized spacial score (nSPS) is 33.9. The number of carbonyl (C=O) groups is 1. The fourth-order valence-electron chi connectivity index (χ4n) is 2.50. The molecule has 2 saturated heterocycles. The van der Waals surface area contributed by atoms with Gasteiger partial charge in [-0.15, -0.1) is 0 Å². The molecule has 2 rings (SSSR count). The third kappa shape index (κ3) is 3.02. The largest absolute Gasteiger partial charge is 0.317 e. The van der Waals surface area contributed by atoms with Crippen molar-refractivity contribution in [3.8, 4) is 0 Å². The van der Waals surface area contributed by atoms with Crippen LogP contribution in [0.25, 0.3) is 0 Å². The van der Waals surface area contributed by atoms with E-state index in [1.165, 1.54) is 0 Å². The fraction of sp³-hybridized carbons (Fsp3) is 0.909. The number of hydrogen-bond acceptors (Lipinski definition) is 3. The SMILES string of the molecule is O=C(C1CCNCC1)C1CCCC(Br)N1. The van der Waals surface area contributed by atoms with Gasteiger partial charge in [-0.2, -0.15) is 0 Å². The molecule has 2 atom stereocenters. The number of hydrogen-bond donors (Lipinski definition) is 2. The summed E-state index contributed by atoms with van der Waals surface area (Å²) in [4.78, 5) is 12.5. The Bertz CT molecular complexity index is 229. The van der Waals surface area contributed by atoms with Crippen LogP contribution in [0.15, 0.2) is 0 Å². The minimum absolute atomic E-state index is 0.103. The van der Waals surface area contributed by atoms with Crippen molar-refractivity contribution in [2.75, 3.05) is 13.1 Å². The van der Waals surface area contributed by atoms with Crippen LogP contribution in [0.1, 0.15) is 32.1 Å². The van der Waals surface area contributed by atoms with Crippen LogP contribution in [-0.4, -0.2) is 29.9 Å². The van der Waals surface area contributed by atoms with Gasteiger partial charge in [0.05, 0.1) is 11.0 Å². The van der Waals surface area contributed by atoms with Crippen LogP contribution >= 0.6 is 15.9 Å². The highest BCUT2D eigenvalue weighted by molar-refractivity contribution is 9.09. The predicted molar refractivity (Wildman–Crippen MR) is 64.1 cm³/mol. The van der Waals surface area contributed by atoms with E-state index in [1.807, 2.05) is 0 Å². The molecule has 15 heavy (non-hydrogen) atoms. The average molecular weight is 275 g/mol. The fourth-order valence-corrected chi connectivity index (χ4v) is 3.14. The number of Topliss-reactive ketones (excluding diaryl/α,β-unsaturated/α-hetero) is 1. The third-order valence-electron chi connectivity index (χ3n) is 3.42. The Labute approximate surface area is 99.5 Å². The number of rotatable bonds is 2. The number of alkyl halides is 1. The third-order valence-corrected chi connectivity index (χ3v) is 4.14. The Kier molecular flexibility index (Phi) is 4.17. The number of carbonyl (C=O) groups excluding carboxylic acids is 1. The van der Waals surface area contributed by atoms with Crippen molar-refractivity contribution < 1.29 is 4.79 Å². The highest BCUT2D eigenvalue weighted by Crippen LogP contribution is 2.22. The molecule has 0 aromatic carbocycles. The Balaban J connectivity index is 1.88. The number of nitrogens with one attached hydrogen (secondary N) is 2. The summed E-state index contributed by atoms with van der Waals surface area (Å²) in [6, 6.07) is 0.103. The van der Waals surface area contributed by atoms with Crippen molar-refractivity contribution in [3.63, 3.8) is 0 Å². The maximum atomic E-state index is 12.2. The summed E-state index contributed by atoms with van der Waals surface area (Å²) >= 11 is 3.55. The topological polar surface area (TPSA) is 41.1 Å². The van der Waals surface area contributed by atoms with Gasteiger partial charge in [-0.05, 0) is 45.2 Å². The van der Waals surface area contributed by atoms with E-state index in [4.69, 9.17) is 0 Å². The van der Waals surface area contributed by atoms with Gasteiger partial charge in [-0.3, -0.25) is 10.1 Å². The molecule has 0 amide bonds. The Morgan fingerprint density at radius 2 is 1.87 bits per heavy atom. The minimum atomic E-state index is 0.103. The predicted octanol–water partition coefficient (Wildman–Crippen LogP) is 1.42. The smallest absolute Gasteiger partial charge is 0.152 e. The first-order valence-corrected chi connectivity index (χ1v) is 6.83. The second-order valence-corrected chi connectivity index (χ2v) is 5.65. The van der Waals surface area contributed by atoms with Crippen LogP contribution in [0, 0.1) is 5.92 Å². The van der Waals surface area contributed by atoms with Gasteiger partial charge >= 0.3 is 0 Å². The van der Waals surface area contributed by atoms with E-state index < -0.39 is 0 Å². The van der Waals surface area contributed by atoms with Crippen LogP contribution in [-0.2, 0) is 4.79 Å². The summed E-state index contributed by atoms with van der Waals surface area (Å²) < 4.78 is 0. The molecule has 2 unspecified atom stereocenters. The second kappa shape index (κ2) is 5.41. The van der Waals surface area contributed by atoms with Gasteiger partial charge < -0.3 is 5.32 Å². The molecule has 0 aromatic heterocycles. The van der Waals surface area contributed by atoms with Crippen molar-refractivity contribution in [1.29, 1.82) is 0 Å². The van der Waals surface area contributed by atoms with E-state index in [1.54, 1.807) is 0 Å². The van der Waals surface area contributed by atoms with Gasteiger partial charge in [0.25, 0.3) is 0 Å². The maximum absolute atomic E-state index is 12.2. The zero-order valence-corrected chi connectivity index (χ0v) is 10.6. The van der Waals surface area contributed by atoms with E-state index in [-0.39, 0.29) is 6.04 Å². The number of halogens is 1. The molecule has 2 aliphatic rings.